The Balaban J connectivity index is 1.47. The van der Waals surface area contributed by atoms with Gasteiger partial charge >= 0.3 is 0 Å². The van der Waals surface area contributed by atoms with E-state index in [1.807, 2.05) is 28.1 Å². The van der Waals surface area contributed by atoms with Gasteiger partial charge in [0.25, 0.3) is 5.91 Å². The van der Waals surface area contributed by atoms with Gasteiger partial charge in [-0.2, -0.15) is 0 Å². The summed E-state index contributed by atoms with van der Waals surface area (Å²) in [6, 6.07) is 10.4. The Morgan fingerprint density at radius 2 is 1.54 bits per heavy atom. The Morgan fingerprint density at radius 3 is 2.15 bits per heavy atom. The van der Waals surface area contributed by atoms with Crippen LogP contribution in [0.5, 0.6) is 17.2 Å². The average Bonchev–Trinajstić information content (AvgIpc) is 2.96. The molecule has 0 bridgehead atoms. The van der Waals surface area contributed by atoms with Crippen LogP contribution in [0.15, 0.2) is 42.5 Å². The summed E-state index contributed by atoms with van der Waals surface area (Å²) in [4.78, 5) is 14.6. The number of ether oxygens (including phenoxy) is 3. The summed E-state index contributed by atoms with van der Waals surface area (Å²) in [5.74, 6) is 1.25. The number of amides is 1. The van der Waals surface area contributed by atoms with Crippen molar-refractivity contribution in [1.29, 1.82) is 0 Å². The molecule has 0 saturated carbocycles. The molecule has 2 aromatic carbocycles. The number of benzene rings is 2. The summed E-state index contributed by atoms with van der Waals surface area (Å²) in [5, 5.41) is 1.85. The van der Waals surface area contributed by atoms with E-state index in [1.54, 1.807) is 32.4 Å². The Morgan fingerprint density at radius 1 is 0.923 bits per heavy atom. The highest BCUT2D eigenvalue weighted by Gasteiger charge is 2.20. The zero-order valence-corrected chi connectivity index (χ0v) is 23.7. The highest BCUT2D eigenvalue weighted by Crippen LogP contribution is 2.39. The number of methoxy groups -OCH3 is 2. The predicted molar refractivity (Wildman–Crippen MR) is 155 cm³/mol. The van der Waals surface area contributed by atoms with Crippen LogP contribution in [0.1, 0.15) is 63.9 Å². The zero-order chi connectivity index (χ0) is 27.9. The smallest absolute Gasteiger partial charge is 0.258 e. The summed E-state index contributed by atoms with van der Waals surface area (Å²) in [5.41, 5.74) is 4.26. The molecule has 2 aromatic rings. The van der Waals surface area contributed by atoms with E-state index >= 15 is 0 Å². The fourth-order valence-electron chi connectivity index (χ4n) is 4.68. The first-order chi connectivity index (χ1) is 19.0. The third-order valence-electron chi connectivity index (χ3n) is 6.90. The number of hydrazine groups is 1. The van der Waals surface area contributed by atoms with Gasteiger partial charge in [0.1, 0.15) is 5.82 Å². The van der Waals surface area contributed by atoms with Crippen molar-refractivity contribution in [3.8, 4) is 17.2 Å². The van der Waals surface area contributed by atoms with Crippen LogP contribution in [0.2, 0.25) is 0 Å². The average molecular weight is 542 g/mol. The van der Waals surface area contributed by atoms with Gasteiger partial charge in [-0.05, 0) is 42.3 Å². The number of rotatable bonds is 16. The minimum Gasteiger partial charge on any atom is -0.493 e. The molecule has 0 aliphatic carbocycles. The molecule has 0 aromatic heterocycles. The molecule has 0 unspecified atom stereocenters. The van der Waals surface area contributed by atoms with Crippen LogP contribution in [-0.2, 0) is 4.79 Å². The summed E-state index contributed by atoms with van der Waals surface area (Å²) in [6.07, 6.45) is 13.1. The first-order valence-corrected chi connectivity index (χ1v) is 14.2. The molecule has 39 heavy (non-hydrogen) atoms. The van der Waals surface area contributed by atoms with E-state index in [4.69, 9.17) is 14.2 Å². The van der Waals surface area contributed by atoms with Crippen molar-refractivity contribution >= 4 is 17.7 Å². The number of piperazine rings is 1. The number of hydrogen-bond acceptors (Lipinski definition) is 6. The largest absolute Gasteiger partial charge is 0.493 e. The van der Waals surface area contributed by atoms with Crippen molar-refractivity contribution in [3.05, 3.63) is 53.9 Å². The summed E-state index contributed by atoms with van der Waals surface area (Å²) < 4.78 is 31.2. The van der Waals surface area contributed by atoms with Gasteiger partial charge in [0.2, 0.25) is 5.75 Å². The lowest BCUT2D eigenvalue weighted by atomic mass is 10.1. The molecular weight excluding hydrogens is 497 g/mol. The fraction of sp³-hybridized carbons (Fsp3) is 0.516. The third kappa shape index (κ3) is 9.77. The third-order valence-corrected chi connectivity index (χ3v) is 6.90. The maximum Gasteiger partial charge on any atom is 0.258 e. The van der Waals surface area contributed by atoms with Crippen LogP contribution in [0, 0.1) is 5.82 Å². The number of hydrogen-bond donors (Lipinski definition) is 1. The van der Waals surface area contributed by atoms with Crippen molar-refractivity contribution in [3.63, 3.8) is 0 Å². The molecule has 1 aliphatic rings. The van der Waals surface area contributed by atoms with Crippen LogP contribution in [-0.4, -0.2) is 57.9 Å². The second-order valence-corrected chi connectivity index (χ2v) is 9.81. The molecule has 1 aliphatic heterocycles. The topological polar surface area (TPSA) is 63.3 Å². The number of nitrogens with zero attached hydrogens (tertiary/aromatic N) is 2. The second-order valence-electron chi connectivity index (χ2n) is 9.81. The van der Waals surface area contributed by atoms with Crippen molar-refractivity contribution in [2.24, 2.45) is 0 Å². The van der Waals surface area contributed by atoms with E-state index in [9.17, 15) is 9.18 Å². The fourth-order valence-corrected chi connectivity index (χ4v) is 4.68. The molecule has 0 spiro atoms. The minimum absolute atomic E-state index is 0.228. The monoisotopic (exact) mass is 541 g/mol. The van der Waals surface area contributed by atoms with E-state index in [0.29, 0.717) is 55.7 Å². The molecular formula is C31H44FN3O4. The Hall–Kier alpha value is -3.26. The van der Waals surface area contributed by atoms with E-state index in [1.165, 1.54) is 50.7 Å². The Kier molecular flexibility index (Phi) is 12.9. The first kappa shape index (κ1) is 30.3. The van der Waals surface area contributed by atoms with E-state index in [2.05, 4.69) is 12.3 Å². The van der Waals surface area contributed by atoms with Crippen LogP contribution < -0.4 is 24.5 Å². The van der Waals surface area contributed by atoms with Crippen molar-refractivity contribution in [2.45, 2.75) is 58.3 Å². The first-order valence-electron chi connectivity index (χ1n) is 14.2. The van der Waals surface area contributed by atoms with Crippen LogP contribution >= 0.6 is 0 Å². The number of carbonyl (C=O) groups excluding carboxylic acids is 1. The molecule has 8 heteroatoms. The van der Waals surface area contributed by atoms with Crippen LogP contribution in [0.3, 0.4) is 0 Å². The summed E-state index contributed by atoms with van der Waals surface area (Å²) >= 11 is 0. The lowest BCUT2D eigenvalue weighted by Crippen LogP contribution is -2.53. The lowest BCUT2D eigenvalue weighted by molar-refractivity contribution is -0.121. The van der Waals surface area contributed by atoms with Crippen molar-refractivity contribution in [1.82, 2.24) is 10.4 Å². The molecule has 214 valence electrons. The molecule has 0 radical (unpaired) electrons. The molecule has 1 N–H and O–H groups in total. The van der Waals surface area contributed by atoms with E-state index in [0.717, 1.165) is 18.4 Å². The van der Waals surface area contributed by atoms with Gasteiger partial charge in [-0.3, -0.25) is 10.2 Å². The lowest BCUT2D eigenvalue weighted by Gasteiger charge is -2.35. The van der Waals surface area contributed by atoms with Crippen LogP contribution in [0.4, 0.5) is 10.1 Å². The van der Waals surface area contributed by atoms with Gasteiger partial charge in [-0.25, -0.2) is 9.40 Å². The summed E-state index contributed by atoms with van der Waals surface area (Å²) in [7, 11) is 3.19. The SMILES string of the molecule is CCCCCCCCCCOc1c(OC)cc(C=CC(=O)NN2CCN(c3ccccc3F)CC2)cc1OC. The van der Waals surface area contributed by atoms with Crippen LogP contribution in [0.25, 0.3) is 6.08 Å². The molecule has 1 saturated heterocycles. The zero-order valence-electron chi connectivity index (χ0n) is 23.7. The van der Waals surface area contributed by atoms with Gasteiger partial charge in [0.05, 0.1) is 26.5 Å². The highest BCUT2D eigenvalue weighted by molar-refractivity contribution is 5.91. The Labute approximate surface area is 232 Å². The maximum atomic E-state index is 14.1. The molecule has 1 heterocycles. The number of carbonyl (C=O) groups is 1. The molecule has 1 amide bonds. The normalized spacial score (nSPS) is 14.0. The molecule has 0 atom stereocenters. The summed E-state index contributed by atoms with van der Waals surface area (Å²) in [6.45, 7) is 5.28. The second kappa shape index (κ2) is 16.6. The molecule has 1 fully saturated rings. The quantitative estimate of drug-likeness (QED) is 0.201. The molecule has 3 rings (SSSR count). The van der Waals surface area contributed by atoms with E-state index in [-0.39, 0.29) is 11.7 Å². The van der Waals surface area contributed by atoms with E-state index < -0.39 is 0 Å². The number of para-hydroxylation sites is 1. The maximum absolute atomic E-state index is 14.1. The molecule has 7 nitrogen and oxygen atoms in total. The minimum atomic E-state index is -0.234. The van der Waals surface area contributed by atoms with Crippen molar-refractivity contribution in [2.75, 3.05) is 51.9 Å². The van der Waals surface area contributed by atoms with Gasteiger partial charge < -0.3 is 19.1 Å². The standard InChI is InChI=1S/C31H44FN3O4/c1-4-5-6-7-8-9-10-13-22-39-31-28(37-2)23-25(24-29(31)38-3)16-17-30(36)33-35-20-18-34(19-21-35)27-15-12-11-14-26(27)32/h11-12,14-17,23-24H,4-10,13,18-22H2,1-3H3,(H,33,36). The number of anilines is 1. The van der Waals surface area contributed by atoms with Gasteiger partial charge in [-0.15, -0.1) is 0 Å². The Bertz CT molecular complexity index is 1030. The number of unbranched alkanes of at least 4 members (excludes halogenated alkanes) is 7. The number of halogens is 1. The number of nitrogens with one attached hydrogen (secondary N) is 1. The van der Waals surface area contributed by atoms with Gasteiger partial charge in [0, 0.05) is 32.3 Å². The van der Waals surface area contributed by atoms with Gasteiger partial charge in [0.15, 0.2) is 11.5 Å². The highest BCUT2D eigenvalue weighted by atomic mass is 19.1. The van der Waals surface area contributed by atoms with Crippen molar-refractivity contribution < 1.29 is 23.4 Å². The van der Waals surface area contributed by atoms with Gasteiger partial charge in [-0.1, -0.05) is 64.0 Å². The predicted octanol–water partition coefficient (Wildman–Crippen LogP) is 6.23.